The SMILES string of the molecule is N[C@@H](Cc1ccc2c(c1)OCC(=O)N2)C(=O)O. The van der Waals surface area contributed by atoms with Gasteiger partial charge >= 0.3 is 5.97 Å². The molecule has 0 fully saturated rings. The zero-order valence-corrected chi connectivity index (χ0v) is 8.97. The molecule has 1 aliphatic rings. The molecule has 1 heterocycles. The summed E-state index contributed by atoms with van der Waals surface area (Å²) in [5, 5.41) is 11.4. The number of amides is 1. The van der Waals surface area contributed by atoms with Crippen LogP contribution in [-0.4, -0.2) is 29.6 Å². The van der Waals surface area contributed by atoms with Crippen molar-refractivity contribution in [1.82, 2.24) is 0 Å². The molecule has 0 aromatic heterocycles. The van der Waals surface area contributed by atoms with Crippen molar-refractivity contribution in [2.45, 2.75) is 12.5 Å². The number of carbonyl (C=O) groups excluding carboxylic acids is 1. The molecule has 0 unspecified atom stereocenters. The zero-order valence-electron chi connectivity index (χ0n) is 8.97. The van der Waals surface area contributed by atoms with Crippen LogP contribution in [0.25, 0.3) is 0 Å². The lowest BCUT2D eigenvalue weighted by Gasteiger charge is -2.18. The van der Waals surface area contributed by atoms with E-state index in [9.17, 15) is 9.59 Å². The molecule has 0 saturated heterocycles. The molecule has 17 heavy (non-hydrogen) atoms. The Labute approximate surface area is 97.4 Å². The highest BCUT2D eigenvalue weighted by atomic mass is 16.5. The van der Waals surface area contributed by atoms with Crippen molar-refractivity contribution in [2.24, 2.45) is 5.73 Å². The highest BCUT2D eigenvalue weighted by Gasteiger charge is 2.18. The summed E-state index contributed by atoms with van der Waals surface area (Å²) in [7, 11) is 0. The Morgan fingerprint density at radius 2 is 2.35 bits per heavy atom. The highest BCUT2D eigenvalue weighted by Crippen LogP contribution is 2.28. The van der Waals surface area contributed by atoms with Crippen molar-refractivity contribution in [1.29, 1.82) is 0 Å². The van der Waals surface area contributed by atoms with E-state index in [-0.39, 0.29) is 18.9 Å². The molecule has 0 spiro atoms. The van der Waals surface area contributed by atoms with E-state index in [4.69, 9.17) is 15.6 Å². The molecule has 1 aromatic rings. The van der Waals surface area contributed by atoms with Gasteiger partial charge in [-0.1, -0.05) is 6.07 Å². The number of benzene rings is 1. The van der Waals surface area contributed by atoms with E-state index < -0.39 is 12.0 Å². The minimum Gasteiger partial charge on any atom is -0.482 e. The monoisotopic (exact) mass is 236 g/mol. The molecule has 0 radical (unpaired) electrons. The van der Waals surface area contributed by atoms with Crippen LogP contribution < -0.4 is 15.8 Å². The number of nitrogens with one attached hydrogen (secondary N) is 1. The number of hydrogen-bond donors (Lipinski definition) is 3. The molecule has 4 N–H and O–H groups in total. The standard InChI is InChI=1S/C11H12N2O4/c12-7(11(15)16)3-6-1-2-8-9(4-6)17-5-10(14)13-8/h1-2,4,7H,3,5,12H2,(H,13,14)(H,15,16)/t7-/m0/s1. The van der Waals surface area contributed by atoms with Gasteiger partial charge in [0.15, 0.2) is 6.61 Å². The molecule has 6 heteroatoms. The van der Waals surface area contributed by atoms with Crippen LogP contribution in [0.15, 0.2) is 18.2 Å². The maximum absolute atomic E-state index is 11.0. The molecular formula is C11H12N2O4. The predicted molar refractivity (Wildman–Crippen MR) is 59.9 cm³/mol. The quantitative estimate of drug-likeness (QED) is 0.684. The van der Waals surface area contributed by atoms with Gasteiger partial charge in [-0.2, -0.15) is 0 Å². The molecule has 2 rings (SSSR count). The van der Waals surface area contributed by atoms with Crippen molar-refractivity contribution < 1.29 is 19.4 Å². The second-order valence-corrected chi connectivity index (χ2v) is 3.82. The summed E-state index contributed by atoms with van der Waals surface area (Å²) in [5.41, 5.74) is 6.79. The summed E-state index contributed by atoms with van der Waals surface area (Å²) in [4.78, 5) is 21.7. The highest BCUT2D eigenvalue weighted by molar-refractivity contribution is 5.95. The number of anilines is 1. The second kappa shape index (κ2) is 4.42. The Kier molecular flexibility index (Phi) is 2.97. The van der Waals surface area contributed by atoms with Crippen LogP contribution >= 0.6 is 0 Å². The fourth-order valence-electron chi connectivity index (χ4n) is 1.59. The number of nitrogens with two attached hydrogens (primary N) is 1. The molecule has 90 valence electrons. The number of aliphatic carboxylic acids is 1. The first-order chi connectivity index (χ1) is 8.06. The van der Waals surface area contributed by atoms with Gasteiger partial charge in [-0.3, -0.25) is 9.59 Å². The van der Waals surface area contributed by atoms with Crippen molar-refractivity contribution in [3.05, 3.63) is 23.8 Å². The summed E-state index contributed by atoms with van der Waals surface area (Å²) in [6.45, 7) is -0.0264. The van der Waals surface area contributed by atoms with E-state index in [1.54, 1.807) is 18.2 Å². The maximum Gasteiger partial charge on any atom is 0.320 e. The van der Waals surface area contributed by atoms with Crippen molar-refractivity contribution in [3.63, 3.8) is 0 Å². The molecule has 0 saturated carbocycles. The number of ether oxygens (including phenoxy) is 1. The third-order valence-corrected chi connectivity index (χ3v) is 2.45. The van der Waals surface area contributed by atoms with Crippen LogP contribution in [0.1, 0.15) is 5.56 Å². The van der Waals surface area contributed by atoms with Crippen LogP contribution in [0, 0.1) is 0 Å². The lowest BCUT2D eigenvalue weighted by Crippen LogP contribution is -2.32. The summed E-state index contributed by atoms with van der Waals surface area (Å²) >= 11 is 0. The molecular weight excluding hydrogens is 224 g/mol. The van der Waals surface area contributed by atoms with E-state index in [1.165, 1.54) is 0 Å². The average molecular weight is 236 g/mol. The fraction of sp³-hybridized carbons (Fsp3) is 0.273. The van der Waals surface area contributed by atoms with Gasteiger partial charge in [-0.05, 0) is 24.1 Å². The Morgan fingerprint density at radius 3 is 3.06 bits per heavy atom. The fourth-order valence-corrected chi connectivity index (χ4v) is 1.59. The summed E-state index contributed by atoms with van der Waals surface area (Å²) in [6.07, 6.45) is 0.222. The molecule has 1 aromatic carbocycles. The van der Waals surface area contributed by atoms with E-state index >= 15 is 0 Å². The van der Waals surface area contributed by atoms with Crippen molar-refractivity contribution in [2.75, 3.05) is 11.9 Å². The van der Waals surface area contributed by atoms with Gasteiger partial charge in [0.2, 0.25) is 0 Å². The van der Waals surface area contributed by atoms with Gasteiger partial charge in [0, 0.05) is 0 Å². The second-order valence-electron chi connectivity index (χ2n) is 3.82. The van der Waals surface area contributed by atoms with E-state index in [1.807, 2.05) is 0 Å². The third kappa shape index (κ3) is 2.54. The van der Waals surface area contributed by atoms with Gasteiger partial charge in [0.1, 0.15) is 11.8 Å². The van der Waals surface area contributed by atoms with Gasteiger partial charge in [-0.15, -0.1) is 0 Å². The first-order valence-corrected chi connectivity index (χ1v) is 5.10. The van der Waals surface area contributed by atoms with E-state index in [0.29, 0.717) is 11.4 Å². The number of carbonyl (C=O) groups is 2. The first kappa shape index (κ1) is 11.4. The molecule has 1 atom stereocenters. The third-order valence-electron chi connectivity index (χ3n) is 2.45. The van der Waals surface area contributed by atoms with Gasteiger partial charge in [0.05, 0.1) is 5.69 Å². The number of carboxylic acid groups (broad SMARTS) is 1. The van der Waals surface area contributed by atoms with Crippen LogP contribution in [0.2, 0.25) is 0 Å². The summed E-state index contributed by atoms with van der Waals surface area (Å²) in [5.74, 6) is -0.705. The minimum absolute atomic E-state index is 0.0264. The Hall–Kier alpha value is -2.08. The summed E-state index contributed by atoms with van der Waals surface area (Å²) < 4.78 is 5.22. The lowest BCUT2D eigenvalue weighted by atomic mass is 10.1. The number of rotatable bonds is 3. The van der Waals surface area contributed by atoms with Gasteiger partial charge in [0.25, 0.3) is 5.91 Å². The minimum atomic E-state index is -1.04. The molecule has 1 aliphatic heterocycles. The van der Waals surface area contributed by atoms with Gasteiger partial charge < -0.3 is 20.9 Å². The van der Waals surface area contributed by atoms with E-state index in [2.05, 4.69) is 5.32 Å². The molecule has 1 amide bonds. The van der Waals surface area contributed by atoms with Gasteiger partial charge in [-0.25, -0.2) is 0 Å². The Morgan fingerprint density at radius 1 is 1.59 bits per heavy atom. The first-order valence-electron chi connectivity index (χ1n) is 5.10. The lowest BCUT2D eigenvalue weighted by molar-refractivity contribution is -0.138. The Balaban J connectivity index is 2.16. The van der Waals surface area contributed by atoms with Crippen molar-refractivity contribution >= 4 is 17.6 Å². The zero-order chi connectivity index (χ0) is 12.4. The van der Waals surface area contributed by atoms with E-state index in [0.717, 1.165) is 5.56 Å². The predicted octanol–water partition coefficient (Wildman–Crippen LogP) is -0.0281. The molecule has 6 nitrogen and oxygen atoms in total. The number of hydrogen-bond acceptors (Lipinski definition) is 4. The largest absolute Gasteiger partial charge is 0.482 e. The average Bonchev–Trinajstić information content (AvgIpc) is 2.29. The topological polar surface area (TPSA) is 102 Å². The smallest absolute Gasteiger partial charge is 0.320 e. The van der Waals surface area contributed by atoms with Crippen LogP contribution in [0.4, 0.5) is 5.69 Å². The number of fused-ring (bicyclic) bond motifs is 1. The normalized spacial score (nSPS) is 15.5. The summed E-state index contributed by atoms with van der Waals surface area (Å²) in [6, 6.07) is 4.15. The maximum atomic E-state index is 11.0. The van der Waals surface area contributed by atoms with Crippen molar-refractivity contribution in [3.8, 4) is 5.75 Å². The van der Waals surface area contributed by atoms with Crippen LogP contribution in [-0.2, 0) is 16.0 Å². The molecule has 0 aliphatic carbocycles. The van der Waals surface area contributed by atoms with Crippen LogP contribution in [0.5, 0.6) is 5.75 Å². The Bertz CT molecular complexity index is 473. The van der Waals surface area contributed by atoms with Crippen LogP contribution in [0.3, 0.4) is 0 Å². The number of carboxylic acids is 1. The molecule has 0 bridgehead atoms.